The highest BCUT2D eigenvalue weighted by Gasteiger charge is 2.32. The Morgan fingerprint density at radius 1 is 1.33 bits per heavy atom. The Morgan fingerprint density at radius 3 is 2.78 bits per heavy atom. The van der Waals surface area contributed by atoms with Gasteiger partial charge in [-0.25, -0.2) is 14.5 Å². The molecule has 0 bridgehead atoms. The zero-order valence-electron chi connectivity index (χ0n) is 19.3. The standard InChI is InChI=1S/C25H21ClFN7O2/c1-34-24(20-14(8-28)19(36-12-4-5-12)7-16(26)22(20)27)15(10-30-34)17-6-13(11-2-3-11)21-23(31-17)18(9-29)32-33-25(21)35/h6-7,10-12H,2-5,9,29H2,1H3,(H,33,35). The molecule has 11 heteroatoms. The third-order valence-electron chi connectivity index (χ3n) is 6.62. The molecule has 3 N–H and O–H groups in total. The van der Waals surface area contributed by atoms with E-state index < -0.39 is 5.82 Å². The Bertz CT molecular complexity index is 1650. The predicted molar refractivity (Wildman–Crippen MR) is 131 cm³/mol. The minimum Gasteiger partial charge on any atom is -0.489 e. The van der Waals surface area contributed by atoms with Crippen molar-refractivity contribution in [1.82, 2.24) is 25.0 Å². The number of halogens is 2. The van der Waals surface area contributed by atoms with Crippen LogP contribution in [0.1, 0.15) is 48.4 Å². The lowest BCUT2D eigenvalue weighted by molar-refractivity contribution is 0.302. The molecule has 0 atom stereocenters. The number of aromatic nitrogens is 5. The molecule has 3 heterocycles. The highest BCUT2D eigenvalue weighted by molar-refractivity contribution is 6.31. The summed E-state index contributed by atoms with van der Waals surface area (Å²) in [4.78, 5) is 17.5. The first kappa shape index (κ1) is 22.6. The van der Waals surface area contributed by atoms with Crippen molar-refractivity contribution in [2.45, 2.75) is 44.2 Å². The number of nitrogens with zero attached hydrogens (tertiary/aromatic N) is 5. The van der Waals surface area contributed by atoms with E-state index in [4.69, 9.17) is 27.1 Å². The van der Waals surface area contributed by atoms with Gasteiger partial charge in [0.05, 0.1) is 39.7 Å². The number of hydrogen-bond acceptors (Lipinski definition) is 7. The van der Waals surface area contributed by atoms with Crippen molar-refractivity contribution in [3.8, 4) is 34.3 Å². The van der Waals surface area contributed by atoms with E-state index in [0.717, 1.165) is 31.2 Å². The first-order valence-corrected chi connectivity index (χ1v) is 12.0. The number of hydrogen-bond donors (Lipinski definition) is 2. The summed E-state index contributed by atoms with van der Waals surface area (Å²) >= 11 is 6.26. The fourth-order valence-corrected chi connectivity index (χ4v) is 4.75. The third-order valence-corrected chi connectivity index (χ3v) is 6.89. The molecule has 2 aliphatic rings. The van der Waals surface area contributed by atoms with Gasteiger partial charge < -0.3 is 10.5 Å². The van der Waals surface area contributed by atoms with Crippen LogP contribution in [0, 0.1) is 17.1 Å². The molecule has 3 aromatic heterocycles. The Labute approximate surface area is 209 Å². The van der Waals surface area contributed by atoms with Crippen molar-refractivity contribution >= 4 is 22.5 Å². The van der Waals surface area contributed by atoms with Gasteiger partial charge in [-0.05, 0) is 43.2 Å². The second-order valence-corrected chi connectivity index (χ2v) is 9.59. The smallest absolute Gasteiger partial charge is 0.273 e. The molecule has 0 spiro atoms. The van der Waals surface area contributed by atoms with Crippen LogP contribution in [0.5, 0.6) is 5.75 Å². The number of rotatable bonds is 6. The van der Waals surface area contributed by atoms with E-state index in [-0.39, 0.29) is 46.0 Å². The number of pyridine rings is 1. The van der Waals surface area contributed by atoms with Gasteiger partial charge in [0.25, 0.3) is 5.56 Å². The first-order chi connectivity index (χ1) is 17.4. The summed E-state index contributed by atoms with van der Waals surface area (Å²) in [5, 5.41) is 21.3. The lowest BCUT2D eigenvalue weighted by Gasteiger charge is -2.15. The quantitative estimate of drug-likeness (QED) is 0.405. The molecule has 1 aromatic carbocycles. The number of nitrogens with two attached hydrogens (primary N) is 1. The number of nitrogens with one attached hydrogen (secondary N) is 1. The second kappa shape index (κ2) is 8.40. The van der Waals surface area contributed by atoms with Gasteiger partial charge in [0.15, 0.2) is 5.82 Å². The molecule has 2 aliphatic carbocycles. The molecule has 9 nitrogen and oxygen atoms in total. The van der Waals surface area contributed by atoms with Crippen molar-refractivity contribution in [2.75, 3.05) is 0 Å². The molecule has 2 fully saturated rings. The average molecular weight is 506 g/mol. The van der Waals surface area contributed by atoms with Crippen LogP contribution in [-0.2, 0) is 13.6 Å². The summed E-state index contributed by atoms with van der Waals surface area (Å²) in [6.07, 6.45) is 5.18. The van der Waals surface area contributed by atoms with Crippen molar-refractivity contribution in [3.05, 3.63) is 56.3 Å². The molecule has 182 valence electrons. The molecule has 36 heavy (non-hydrogen) atoms. The van der Waals surface area contributed by atoms with Crippen LogP contribution >= 0.6 is 11.6 Å². The van der Waals surface area contributed by atoms with E-state index >= 15 is 4.39 Å². The summed E-state index contributed by atoms with van der Waals surface area (Å²) < 4.78 is 23.0. The maximum Gasteiger partial charge on any atom is 0.273 e. The van der Waals surface area contributed by atoms with Crippen LogP contribution in [0.2, 0.25) is 5.02 Å². The molecule has 0 unspecified atom stereocenters. The number of nitriles is 1. The maximum atomic E-state index is 15.6. The molecular weight excluding hydrogens is 485 g/mol. The normalized spacial score (nSPS) is 15.3. The summed E-state index contributed by atoms with van der Waals surface area (Å²) in [6, 6.07) is 5.28. The number of aromatic amines is 1. The Morgan fingerprint density at radius 2 is 2.11 bits per heavy atom. The number of fused-ring (bicyclic) bond motifs is 1. The van der Waals surface area contributed by atoms with Crippen LogP contribution in [-0.4, -0.2) is 31.1 Å². The van der Waals surface area contributed by atoms with Crippen LogP contribution in [0.3, 0.4) is 0 Å². The van der Waals surface area contributed by atoms with Crippen molar-refractivity contribution in [2.24, 2.45) is 12.8 Å². The predicted octanol–water partition coefficient (Wildman–Crippen LogP) is 3.93. The van der Waals surface area contributed by atoms with Gasteiger partial charge in [-0.15, -0.1) is 0 Å². The van der Waals surface area contributed by atoms with Gasteiger partial charge in [0.1, 0.15) is 28.6 Å². The highest BCUT2D eigenvalue weighted by atomic mass is 35.5. The summed E-state index contributed by atoms with van der Waals surface area (Å²) in [6.45, 7) is 0.0805. The van der Waals surface area contributed by atoms with Gasteiger partial charge in [0, 0.05) is 25.2 Å². The van der Waals surface area contributed by atoms with Crippen molar-refractivity contribution in [1.29, 1.82) is 5.26 Å². The Hall–Kier alpha value is -3.81. The fraction of sp³-hybridized carbons (Fsp3) is 0.320. The average Bonchev–Trinajstić information content (AvgIpc) is 3.80. The van der Waals surface area contributed by atoms with Gasteiger partial charge in [-0.3, -0.25) is 9.48 Å². The lowest BCUT2D eigenvalue weighted by Crippen LogP contribution is -2.16. The van der Waals surface area contributed by atoms with Gasteiger partial charge in [0.2, 0.25) is 0 Å². The molecule has 0 radical (unpaired) electrons. The maximum absolute atomic E-state index is 15.6. The number of benzene rings is 1. The minimum atomic E-state index is -0.745. The van der Waals surface area contributed by atoms with E-state index in [0.29, 0.717) is 33.5 Å². The first-order valence-electron chi connectivity index (χ1n) is 11.6. The minimum absolute atomic E-state index is 0.00592. The molecule has 4 aromatic rings. The van der Waals surface area contributed by atoms with E-state index in [1.165, 1.54) is 10.7 Å². The third kappa shape index (κ3) is 3.63. The molecule has 2 saturated carbocycles. The fourth-order valence-electron chi connectivity index (χ4n) is 4.55. The zero-order chi connectivity index (χ0) is 25.1. The zero-order valence-corrected chi connectivity index (χ0v) is 20.1. The lowest BCUT2D eigenvalue weighted by atomic mass is 9.97. The molecule has 6 rings (SSSR count). The molecule has 0 saturated heterocycles. The SMILES string of the molecule is Cn1ncc(-c2cc(C3CC3)c3c(=O)[nH]nc(CN)c3n2)c1-c1c(F)c(Cl)cc(OC2CC2)c1C#N. The van der Waals surface area contributed by atoms with E-state index in [2.05, 4.69) is 21.4 Å². The molecular formula is C25H21ClFN7O2. The highest BCUT2D eigenvalue weighted by Crippen LogP contribution is 2.46. The monoisotopic (exact) mass is 505 g/mol. The van der Waals surface area contributed by atoms with Crippen LogP contribution in [0.25, 0.3) is 33.4 Å². The number of ether oxygens (including phenoxy) is 1. The van der Waals surface area contributed by atoms with Crippen molar-refractivity contribution < 1.29 is 9.13 Å². The summed E-state index contributed by atoms with van der Waals surface area (Å²) in [5.74, 6) is -0.301. The molecule has 0 aliphatic heterocycles. The van der Waals surface area contributed by atoms with Gasteiger partial charge in [-0.2, -0.15) is 15.5 Å². The molecule has 0 amide bonds. The summed E-state index contributed by atoms with van der Waals surface area (Å²) in [5.41, 5.74) is 8.59. The Kier molecular flexibility index (Phi) is 5.28. The van der Waals surface area contributed by atoms with E-state index in [9.17, 15) is 10.1 Å². The van der Waals surface area contributed by atoms with E-state index in [1.807, 2.05) is 6.07 Å². The van der Waals surface area contributed by atoms with Crippen molar-refractivity contribution in [3.63, 3.8) is 0 Å². The van der Waals surface area contributed by atoms with Crippen LogP contribution < -0.4 is 16.0 Å². The Balaban J connectivity index is 1.63. The number of aryl methyl sites for hydroxylation is 1. The number of H-pyrrole nitrogens is 1. The largest absolute Gasteiger partial charge is 0.489 e. The van der Waals surface area contributed by atoms with E-state index in [1.54, 1.807) is 13.2 Å². The van der Waals surface area contributed by atoms with Crippen LogP contribution in [0.15, 0.2) is 23.1 Å². The van der Waals surface area contributed by atoms with Gasteiger partial charge in [-0.1, -0.05) is 11.6 Å². The summed E-state index contributed by atoms with van der Waals surface area (Å²) in [7, 11) is 1.65. The second-order valence-electron chi connectivity index (χ2n) is 9.18. The van der Waals surface area contributed by atoms with Crippen LogP contribution in [0.4, 0.5) is 4.39 Å². The van der Waals surface area contributed by atoms with Gasteiger partial charge >= 0.3 is 0 Å². The topological polar surface area (TPSA) is 136 Å².